The number of aryl methyl sites for hydroxylation is 1. The molecule has 1 heterocycles. The van der Waals surface area contributed by atoms with E-state index in [4.69, 9.17) is 10.5 Å². The summed E-state index contributed by atoms with van der Waals surface area (Å²) >= 11 is 0. The number of hydrogen-bond donors (Lipinski definition) is 1. The Balaban J connectivity index is 1.86. The van der Waals surface area contributed by atoms with Gasteiger partial charge in [-0.15, -0.1) is 0 Å². The Bertz CT molecular complexity index is 881. The highest BCUT2D eigenvalue weighted by atomic mass is 32.2. The highest BCUT2D eigenvalue weighted by Crippen LogP contribution is 2.32. The van der Waals surface area contributed by atoms with Crippen molar-refractivity contribution in [3.8, 4) is 5.75 Å². The lowest BCUT2D eigenvalue weighted by Crippen LogP contribution is -2.41. The molecule has 132 valence electrons. The number of carbonyl (C=O) groups excluding carboxylic acids is 1. The van der Waals surface area contributed by atoms with Crippen LogP contribution in [0.4, 0.5) is 4.79 Å². The summed E-state index contributed by atoms with van der Waals surface area (Å²) in [5, 5.41) is 0. The summed E-state index contributed by atoms with van der Waals surface area (Å²) in [6.45, 7) is 0.366. The minimum atomic E-state index is -3.59. The number of nitrogens with two attached hydrogens (primary N) is 1. The van der Waals surface area contributed by atoms with Gasteiger partial charge in [-0.05, 0) is 42.7 Å². The molecule has 0 aromatic heterocycles. The average Bonchev–Trinajstić information content (AvgIpc) is 2.61. The molecule has 2 aromatic carbocycles. The van der Waals surface area contributed by atoms with E-state index >= 15 is 0 Å². The van der Waals surface area contributed by atoms with Crippen molar-refractivity contribution in [2.24, 2.45) is 5.73 Å². The first kappa shape index (κ1) is 17.3. The highest BCUT2D eigenvalue weighted by Gasteiger charge is 2.25. The van der Waals surface area contributed by atoms with Crippen molar-refractivity contribution in [2.45, 2.75) is 28.7 Å². The Morgan fingerprint density at radius 2 is 1.92 bits per heavy atom. The van der Waals surface area contributed by atoms with E-state index in [1.54, 1.807) is 55.6 Å². The zero-order valence-electron chi connectivity index (χ0n) is 13.9. The second kappa shape index (κ2) is 6.76. The number of rotatable bonds is 4. The van der Waals surface area contributed by atoms with E-state index < -0.39 is 15.9 Å². The molecule has 25 heavy (non-hydrogen) atoms. The summed E-state index contributed by atoms with van der Waals surface area (Å²) in [6, 6.07) is 12.7. The Morgan fingerprint density at radius 3 is 2.60 bits per heavy atom. The quantitative estimate of drug-likeness (QED) is 0.905. The largest absolute Gasteiger partial charge is 0.488 e. The number of benzene rings is 2. The topological polar surface area (TPSA) is 89.7 Å². The van der Waals surface area contributed by atoms with Gasteiger partial charge in [0.15, 0.2) is 0 Å². The van der Waals surface area contributed by atoms with E-state index in [1.807, 2.05) is 0 Å². The van der Waals surface area contributed by atoms with Crippen LogP contribution in [-0.4, -0.2) is 39.0 Å². The number of primary amides is 1. The van der Waals surface area contributed by atoms with Gasteiger partial charge in [0.05, 0.1) is 16.3 Å². The third-order valence-electron chi connectivity index (χ3n) is 4.29. The van der Waals surface area contributed by atoms with Crippen LogP contribution in [0.1, 0.15) is 12.0 Å². The molecule has 0 fully saturated rings. The third kappa shape index (κ3) is 3.61. The molecular formula is C18H20N2O4S. The molecule has 2 aromatic rings. The van der Waals surface area contributed by atoms with Crippen LogP contribution < -0.4 is 10.5 Å². The number of sulfone groups is 1. The van der Waals surface area contributed by atoms with Crippen LogP contribution in [0.5, 0.6) is 5.75 Å². The van der Waals surface area contributed by atoms with Crippen molar-refractivity contribution in [3.63, 3.8) is 0 Å². The van der Waals surface area contributed by atoms with Gasteiger partial charge in [0.2, 0.25) is 9.84 Å². The molecule has 3 rings (SSSR count). The minimum absolute atomic E-state index is 0.196. The number of hydrogen-bond acceptors (Lipinski definition) is 4. The first-order chi connectivity index (χ1) is 11.9. The van der Waals surface area contributed by atoms with Crippen LogP contribution in [0, 0.1) is 0 Å². The Labute approximate surface area is 147 Å². The van der Waals surface area contributed by atoms with E-state index in [-0.39, 0.29) is 15.9 Å². The van der Waals surface area contributed by atoms with E-state index in [1.165, 1.54) is 4.90 Å². The van der Waals surface area contributed by atoms with Crippen LogP contribution in [-0.2, 0) is 16.3 Å². The number of carbonyl (C=O) groups is 1. The average molecular weight is 360 g/mol. The first-order valence-corrected chi connectivity index (χ1v) is 9.46. The van der Waals surface area contributed by atoms with Gasteiger partial charge in [0.25, 0.3) is 0 Å². The molecule has 0 saturated heterocycles. The number of urea groups is 1. The lowest BCUT2D eigenvalue weighted by Gasteiger charge is -2.29. The van der Waals surface area contributed by atoms with Crippen molar-refractivity contribution >= 4 is 15.9 Å². The minimum Gasteiger partial charge on any atom is -0.488 e. The fraction of sp³-hybridized carbons (Fsp3) is 0.278. The third-order valence-corrected chi connectivity index (χ3v) is 6.05. The Hall–Kier alpha value is -2.54. The number of amides is 2. The van der Waals surface area contributed by atoms with Crippen molar-refractivity contribution < 1.29 is 17.9 Å². The predicted molar refractivity (Wildman–Crippen MR) is 93.3 cm³/mol. The van der Waals surface area contributed by atoms with Gasteiger partial charge in [-0.1, -0.05) is 24.3 Å². The maximum Gasteiger partial charge on any atom is 0.314 e. The number of likely N-dealkylation sites (N-methyl/N-ethyl adjacent to an activating group) is 1. The van der Waals surface area contributed by atoms with Gasteiger partial charge < -0.3 is 15.4 Å². The molecule has 2 N–H and O–H groups in total. The molecule has 1 unspecified atom stereocenters. The van der Waals surface area contributed by atoms with Crippen molar-refractivity contribution in [3.05, 3.63) is 54.1 Å². The summed E-state index contributed by atoms with van der Waals surface area (Å²) in [7, 11) is -1.98. The number of fused-ring (bicyclic) bond motifs is 1. The van der Waals surface area contributed by atoms with Crippen molar-refractivity contribution in [1.29, 1.82) is 0 Å². The van der Waals surface area contributed by atoms with Crippen LogP contribution in [0.25, 0.3) is 0 Å². The van der Waals surface area contributed by atoms with E-state index in [0.29, 0.717) is 12.3 Å². The molecule has 0 spiro atoms. The molecule has 1 aliphatic rings. The van der Waals surface area contributed by atoms with Crippen LogP contribution in [0.2, 0.25) is 0 Å². The fourth-order valence-corrected chi connectivity index (χ4v) is 4.13. The maximum atomic E-state index is 12.7. The molecule has 0 aliphatic carbocycles. The molecular weight excluding hydrogens is 340 g/mol. The highest BCUT2D eigenvalue weighted by molar-refractivity contribution is 7.91. The molecule has 2 amide bonds. The molecule has 6 nitrogen and oxygen atoms in total. The summed E-state index contributed by atoms with van der Waals surface area (Å²) in [6.07, 6.45) is 1.30. The summed E-state index contributed by atoms with van der Waals surface area (Å²) < 4.78 is 31.4. The van der Waals surface area contributed by atoms with Crippen molar-refractivity contribution in [1.82, 2.24) is 4.90 Å². The second-order valence-corrected chi connectivity index (χ2v) is 8.03. The molecule has 1 atom stereocenters. The lowest BCUT2D eigenvalue weighted by molar-refractivity contribution is 0.134. The molecule has 7 heteroatoms. The first-order valence-electron chi connectivity index (χ1n) is 7.98. The predicted octanol–water partition coefficient (Wildman–Crippen LogP) is 2.22. The van der Waals surface area contributed by atoms with E-state index in [9.17, 15) is 13.2 Å². The zero-order valence-corrected chi connectivity index (χ0v) is 14.7. The molecule has 0 bridgehead atoms. The van der Waals surface area contributed by atoms with Crippen LogP contribution >= 0.6 is 0 Å². The summed E-state index contributed by atoms with van der Waals surface area (Å²) in [4.78, 5) is 13.0. The fourth-order valence-electron chi connectivity index (χ4n) is 2.83. The monoisotopic (exact) mass is 360 g/mol. The van der Waals surface area contributed by atoms with E-state index in [0.717, 1.165) is 18.4 Å². The van der Waals surface area contributed by atoms with Gasteiger partial charge in [-0.25, -0.2) is 13.2 Å². The van der Waals surface area contributed by atoms with Gasteiger partial charge in [-0.2, -0.15) is 0 Å². The van der Waals surface area contributed by atoms with E-state index in [2.05, 4.69) is 0 Å². The zero-order chi connectivity index (χ0) is 18.0. The smallest absolute Gasteiger partial charge is 0.314 e. The van der Waals surface area contributed by atoms with Gasteiger partial charge >= 0.3 is 6.03 Å². The summed E-state index contributed by atoms with van der Waals surface area (Å²) in [5.74, 6) is 0.547. The normalized spacial score (nSPS) is 16.6. The number of ether oxygens (including phenoxy) is 1. The van der Waals surface area contributed by atoms with Crippen LogP contribution in [0.3, 0.4) is 0 Å². The molecule has 0 saturated carbocycles. The summed E-state index contributed by atoms with van der Waals surface area (Å²) in [5.41, 5.74) is 6.21. The standard InChI is InChI=1S/C18H20N2O4S/c1-20(18(19)21)12-14-9-7-13-8-10-16(11-17(13)24-14)25(22,23)15-5-3-2-4-6-15/h2-6,8,10-11,14H,7,9,12H2,1H3,(H2,19,21). The van der Waals surface area contributed by atoms with Gasteiger partial charge in [0, 0.05) is 7.05 Å². The second-order valence-electron chi connectivity index (χ2n) is 6.08. The SMILES string of the molecule is CN(CC1CCc2ccc(S(=O)(=O)c3ccccc3)cc2O1)C(N)=O. The lowest BCUT2D eigenvalue weighted by atomic mass is 10.0. The van der Waals surface area contributed by atoms with Gasteiger partial charge in [-0.3, -0.25) is 0 Å². The molecule has 1 aliphatic heterocycles. The van der Waals surface area contributed by atoms with Crippen LogP contribution in [0.15, 0.2) is 58.3 Å². The Morgan fingerprint density at radius 1 is 1.20 bits per heavy atom. The van der Waals surface area contributed by atoms with Crippen molar-refractivity contribution in [2.75, 3.05) is 13.6 Å². The number of nitrogens with zero attached hydrogens (tertiary/aromatic N) is 1. The van der Waals surface area contributed by atoms with Gasteiger partial charge in [0.1, 0.15) is 11.9 Å². The molecule has 0 radical (unpaired) electrons. The Kier molecular flexibility index (Phi) is 4.67. The maximum absolute atomic E-state index is 12.7.